The highest BCUT2D eigenvalue weighted by Crippen LogP contribution is 2.32. The smallest absolute Gasteiger partial charge is 0.0332 e. The summed E-state index contributed by atoms with van der Waals surface area (Å²) in [5, 5.41) is 0. The molecule has 1 saturated carbocycles. The standard InChI is InChI=1S/C16H34N4/c1-3-20(16(15-17)7-5-4-6-8-16)14-13-19-11-9-18(2)10-12-19/h3-15,17H2,1-2H3. The molecule has 20 heavy (non-hydrogen) atoms. The molecule has 0 bridgehead atoms. The summed E-state index contributed by atoms with van der Waals surface area (Å²) in [5.41, 5.74) is 6.48. The molecule has 1 aliphatic heterocycles. The third-order valence-corrected chi connectivity index (χ3v) is 5.50. The average molecular weight is 282 g/mol. The molecule has 2 N–H and O–H groups in total. The zero-order chi connectivity index (χ0) is 14.4. The van der Waals surface area contributed by atoms with Crippen LogP contribution in [0.15, 0.2) is 0 Å². The second-order valence-electron chi connectivity index (χ2n) is 6.71. The van der Waals surface area contributed by atoms with Crippen LogP contribution in [-0.4, -0.2) is 79.6 Å². The third-order valence-electron chi connectivity index (χ3n) is 5.50. The molecule has 0 spiro atoms. The van der Waals surface area contributed by atoms with Gasteiger partial charge >= 0.3 is 0 Å². The van der Waals surface area contributed by atoms with Gasteiger partial charge in [-0.25, -0.2) is 0 Å². The van der Waals surface area contributed by atoms with Crippen molar-refractivity contribution in [1.82, 2.24) is 14.7 Å². The lowest BCUT2D eigenvalue weighted by Crippen LogP contribution is -2.57. The van der Waals surface area contributed by atoms with Gasteiger partial charge in [0.05, 0.1) is 0 Å². The van der Waals surface area contributed by atoms with E-state index in [9.17, 15) is 0 Å². The normalized spacial score (nSPS) is 25.2. The van der Waals surface area contributed by atoms with Crippen LogP contribution in [0.25, 0.3) is 0 Å². The van der Waals surface area contributed by atoms with Crippen LogP contribution in [-0.2, 0) is 0 Å². The van der Waals surface area contributed by atoms with Gasteiger partial charge in [-0.3, -0.25) is 9.80 Å². The maximum Gasteiger partial charge on any atom is 0.0332 e. The van der Waals surface area contributed by atoms with Crippen molar-refractivity contribution in [2.45, 2.75) is 44.6 Å². The number of rotatable bonds is 6. The lowest BCUT2D eigenvalue weighted by atomic mass is 9.80. The third kappa shape index (κ3) is 3.94. The van der Waals surface area contributed by atoms with E-state index in [0.29, 0.717) is 5.54 Å². The maximum atomic E-state index is 6.18. The second-order valence-corrected chi connectivity index (χ2v) is 6.71. The van der Waals surface area contributed by atoms with Crippen LogP contribution in [0.1, 0.15) is 39.0 Å². The number of likely N-dealkylation sites (N-methyl/N-ethyl adjacent to an activating group) is 2. The Bertz CT molecular complexity index is 268. The molecule has 118 valence electrons. The summed E-state index contributed by atoms with van der Waals surface area (Å²) in [5.74, 6) is 0. The molecular formula is C16H34N4. The average Bonchev–Trinajstić information content (AvgIpc) is 2.50. The predicted molar refractivity (Wildman–Crippen MR) is 86.1 cm³/mol. The Morgan fingerprint density at radius 3 is 2.25 bits per heavy atom. The van der Waals surface area contributed by atoms with Gasteiger partial charge in [0.25, 0.3) is 0 Å². The van der Waals surface area contributed by atoms with Gasteiger partial charge in [-0.15, -0.1) is 0 Å². The summed E-state index contributed by atoms with van der Waals surface area (Å²) >= 11 is 0. The first-order chi connectivity index (χ1) is 9.70. The molecule has 0 atom stereocenters. The molecular weight excluding hydrogens is 248 g/mol. The largest absolute Gasteiger partial charge is 0.329 e. The SMILES string of the molecule is CCN(CCN1CCN(C)CC1)C1(CN)CCCCC1. The summed E-state index contributed by atoms with van der Waals surface area (Å²) < 4.78 is 0. The molecule has 0 radical (unpaired) electrons. The van der Waals surface area contributed by atoms with Crippen LogP contribution >= 0.6 is 0 Å². The molecule has 1 saturated heterocycles. The van der Waals surface area contributed by atoms with E-state index in [4.69, 9.17) is 5.73 Å². The van der Waals surface area contributed by atoms with Gasteiger partial charge in [-0.1, -0.05) is 26.2 Å². The maximum absolute atomic E-state index is 6.18. The van der Waals surface area contributed by atoms with Crippen molar-refractivity contribution in [3.63, 3.8) is 0 Å². The summed E-state index contributed by atoms with van der Waals surface area (Å²) in [7, 11) is 2.22. The summed E-state index contributed by atoms with van der Waals surface area (Å²) in [4.78, 5) is 7.73. The molecule has 4 heteroatoms. The van der Waals surface area contributed by atoms with Crippen LogP contribution in [0.3, 0.4) is 0 Å². The van der Waals surface area contributed by atoms with Gasteiger partial charge < -0.3 is 10.6 Å². The first kappa shape index (κ1) is 16.2. The zero-order valence-corrected chi connectivity index (χ0v) is 13.6. The molecule has 1 heterocycles. The van der Waals surface area contributed by atoms with Gasteiger partial charge in [0.1, 0.15) is 0 Å². The fourth-order valence-corrected chi connectivity index (χ4v) is 3.92. The Morgan fingerprint density at radius 2 is 1.70 bits per heavy atom. The number of nitrogens with two attached hydrogens (primary N) is 1. The van der Waals surface area contributed by atoms with E-state index in [1.54, 1.807) is 0 Å². The quantitative estimate of drug-likeness (QED) is 0.794. The van der Waals surface area contributed by atoms with Gasteiger partial charge in [0.2, 0.25) is 0 Å². The summed E-state index contributed by atoms with van der Waals surface area (Å²) in [6.07, 6.45) is 6.74. The van der Waals surface area contributed by atoms with E-state index in [2.05, 4.69) is 28.7 Å². The van der Waals surface area contributed by atoms with Crippen molar-refractivity contribution in [2.75, 3.05) is 59.4 Å². The molecule has 2 rings (SSSR count). The zero-order valence-electron chi connectivity index (χ0n) is 13.6. The van der Waals surface area contributed by atoms with Crippen molar-refractivity contribution in [3.05, 3.63) is 0 Å². The van der Waals surface area contributed by atoms with E-state index in [-0.39, 0.29) is 0 Å². The molecule has 0 unspecified atom stereocenters. The van der Waals surface area contributed by atoms with E-state index in [1.165, 1.54) is 71.4 Å². The van der Waals surface area contributed by atoms with Crippen LogP contribution in [0.5, 0.6) is 0 Å². The summed E-state index contributed by atoms with van der Waals surface area (Å²) in [6, 6.07) is 0. The van der Waals surface area contributed by atoms with Crippen LogP contribution in [0, 0.1) is 0 Å². The van der Waals surface area contributed by atoms with Gasteiger partial charge in [-0.2, -0.15) is 0 Å². The lowest BCUT2D eigenvalue weighted by Gasteiger charge is -2.46. The minimum absolute atomic E-state index is 0.305. The van der Waals surface area contributed by atoms with E-state index < -0.39 is 0 Å². The lowest BCUT2D eigenvalue weighted by molar-refractivity contribution is 0.0455. The van der Waals surface area contributed by atoms with Crippen molar-refractivity contribution in [1.29, 1.82) is 0 Å². The number of piperazine rings is 1. The van der Waals surface area contributed by atoms with E-state index in [1.807, 2.05) is 0 Å². The number of hydrogen-bond acceptors (Lipinski definition) is 4. The van der Waals surface area contributed by atoms with Crippen molar-refractivity contribution in [3.8, 4) is 0 Å². The van der Waals surface area contributed by atoms with Crippen molar-refractivity contribution >= 4 is 0 Å². The fraction of sp³-hybridized carbons (Fsp3) is 1.00. The molecule has 2 aliphatic rings. The van der Waals surface area contributed by atoms with Crippen LogP contribution in [0.2, 0.25) is 0 Å². The molecule has 1 aliphatic carbocycles. The molecule has 0 amide bonds. The Kier molecular flexibility index (Phi) is 6.27. The fourth-order valence-electron chi connectivity index (χ4n) is 3.92. The van der Waals surface area contributed by atoms with Crippen molar-refractivity contribution < 1.29 is 0 Å². The minimum Gasteiger partial charge on any atom is -0.329 e. The molecule has 0 aromatic carbocycles. The van der Waals surface area contributed by atoms with Gasteiger partial charge in [0.15, 0.2) is 0 Å². The van der Waals surface area contributed by atoms with Gasteiger partial charge in [-0.05, 0) is 26.4 Å². The minimum atomic E-state index is 0.305. The second kappa shape index (κ2) is 7.74. The highest BCUT2D eigenvalue weighted by molar-refractivity contribution is 4.94. The number of hydrogen-bond donors (Lipinski definition) is 1. The Morgan fingerprint density at radius 1 is 1.05 bits per heavy atom. The van der Waals surface area contributed by atoms with Crippen LogP contribution < -0.4 is 5.73 Å². The summed E-state index contributed by atoms with van der Waals surface area (Å²) in [6.45, 7) is 11.6. The van der Waals surface area contributed by atoms with E-state index in [0.717, 1.165) is 13.1 Å². The molecule has 0 aromatic rings. The first-order valence-electron chi connectivity index (χ1n) is 8.56. The van der Waals surface area contributed by atoms with Crippen molar-refractivity contribution in [2.24, 2.45) is 5.73 Å². The monoisotopic (exact) mass is 282 g/mol. The topological polar surface area (TPSA) is 35.7 Å². The van der Waals surface area contributed by atoms with Crippen LogP contribution in [0.4, 0.5) is 0 Å². The molecule has 2 fully saturated rings. The highest BCUT2D eigenvalue weighted by atomic mass is 15.3. The Balaban J connectivity index is 1.84. The first-order valence-corrected chi connectivity index (χ1v) is 8.56. The Labute approximate surface area is 125 Å². The predicted octanol–water partition coefficient (Wildman–Crippen LogP) is 1.22. The molecule has 0 aromatic heterocycles. The van der Waals surface area contributed by atoms with E-state index >= 15 is 0 Å². The van der Waals surface area contributed by atoms with Gasteiger partial charge in [0, 0.05) is 51.4 Å². The highest BCUT2D eigenvalue weighted by Gasteiger charge is 2.35. The number of nitrogens with zero attached hydrogens (tertiary/aromatic N) is 3. The molecule has 4 nitrogen and oxygen atoms in total. The Hall–Kier alpha value is -0.160.